The molecule has 0 unspecified atom stereocenters. The van der Waals surface area contributed by atoms with Crippen molar-refractivity contribution >= 4 is 23.0 Å². The van der Waals surface area contributed by atoms with Crippen LogP contribution in [-0.2, 0) is 11.2 Å². The van der Waals surface area contributed by atoms with Gasteiger partial charge < -0.3 is 5.11 Å². The maximum Gasteiger partial charge on any atom is 0.171 e. The molecule has 3 aliphatic rings. The van der Waals surface area contributed by atoms with Crippen molar-refractivity contribution in [1.82, 2.24) is 0 Å². The van der Waals surface area contributed by atoms with E-state index in [9.17, 15) is 9.90 Å². The van der Waals surface area contributed by atoms with Gasteiger partial charge in [0.2, 0.25) is 0 Å². The Kier molecular flexibility index (Phi) is 4.37. The van der Waals surface area contributed by atoms with E-state index in [-0.39, 0.29) is 28.4 Å². The van der Waals surface area contributed by atoms with Crippen LogP contribution in [0.5, 0.6) is 0 Å². The van der Waals surface area contributed by atoms with Crippen LogP contribution in [0.15, 0.2) is 59.4 Å². The molecule has 3 aliphatic carbocycles. The van der Waals surface area contributed by atoms with Gasteiger partial charge in [-0.15, -0.1) is 0 Å². The van der Waals surface area contributed by atoms with Gasteiger partial charge in [-0.05, 0) is 72.6 Å². The van der Waals surface area contributed by atoms with Crippen LogP contribution >= 0.6 is 11.6 Å². The van der Waals surface area contributed by atoms with Crippen molar-refractivity contribution in [2.24, 2.45) is 22.7 Å². The second-order valence-corrected chi connectivity index (χ2v) is 10.5. The second-order valence-electron chi connectivity index (χ2n) is 10.1. The van der Waals surface area contributed by atoms with Crippen LogP contribution in [0.3, 0.4) is 0 Å². The zero-order chi connectivity index (χ0) is 22.3. The molecule has 0 aromatic heterocycles. The molecule has 0 spiro atoms. The highest BCUT2D eigenvalue weighted by molar-refractivity contribution is 6.30. The monoisotopic (exact) mass is 432 g/mol. The van der Waals surface area contributed by atoms with Crippen LogP contribution in [-0.4, -0.2) is 10.9 Å². The number of rotatable bonds is 3. The molecule has 1 N–H and O–H groups in total. The first kappa shape index (κ1) is 20.6. The van der Waals surface area contributed by atoms with Crippen molar-refractivity contribution in [3.05, 3.63) is 75.5 Å². The Morgan fingerprint density at radius 2 is 1.55 bits per heavy atom. The number of Topliss-reactive ketones (excluding diaryl/α,β-unsaturated/α-hetero) is 1. The fourth-order valence-corrected chi connectivity index (χ4v) is 6.98. The summed E-state index contributed by atoms with van der Waals surface area (Å²) in [5, 5.41) is 12.2. The predicted molar refractivity (Wildman–Crippen MR) is 127 cm³/mol. The molecule has 160 valence electrons. The van der Waals surface area contributed by atoms with Crippen LogP contribution in [0.2, 0.25) is 5.02 Å². The van der Waals surface area contributed by atoms with Crippen LogP contribution in [0.4, 0.5) is 0 Å². The molecule has 0 saturated heterocycles. The number of halogens is 1. The molecule has 2 aromatic rings. The minimum atomic E-state index is -0.170. The lowest BCUT2D eigenvalue weighted by Gasteiger charge is -2.37. The Bertz CT molecular complexity index is 1190. The van der Waals surface area contributed by atoms with Gasteiger partial charge in [-0.1, -0.05) is 67.8 Å². The molecule has 1 fully saturated rings. The van der Waals surface area contributed by atoms with E-state index in [0.717, 1.165) is 35.1 Å². The number of aliphatic hydroxyl groups excluding tert-OH is 1. The summed E-state index contributed by atoms with van der Waals surface area (Å²) in [4.78, 5) is 13.9. The lowest BCUT2D eigenvalue weighted by Crippen LogP contribution is -2.35. The molecule has 1 saturated carbocycles. The third kappa shape index (κ3) is 2.55. The molecule has 3 heteroatoms. The molecule has 0 radical (unpaired) electrons. The van der Waals surface area contributed by atoms with E-state index in [1.807, 2.05) is 24.3 Å². The minimum Gasteiger partial charge on any atom is -0.511 e. The number of carbonyl (C=O) groups is 1. The Balaban J connectivity index is 1.67. The lowest BCUT2D eigenvalue weighted by molar-refractivity contribution is -0.119. The number of benzene rings is 2. The lowest BCUT2D eigenvalue weighted by atomic mass is 9.66. The maximum absolute atomic E-state index is 13.9. The Labute approximate surface area is 189 Å². The van der Waals surface area contributed by atoms with Crippen molar-refractivity contribution < 1.29 is 9.90 Å². The van der Waals surface area contributed by atoms with Gasteiger partial charge in [-0.25, -0.2) is 0 Å². The Hall–Kier alpha value is -2.32. The van der Waals surface area contributed by atoms with E-state index < -0.39 is 0 Å². The number of carbonyl (C=O) groups excluding carboxylic acids is 1. The SMILES string of the molecule is CCc1ccc(-c2ccc(Cl)cc2)cc1C1=C(O)[C@@H]2[C@H](C1=O)[C@@]1(C)C[C@]2(C)C(C)=C1C. The molecule has 0 aliphatic heterocycles. The van der Waals surface area contributed by atoms with E-state index >= 15 is 0 Å². The zero-order valence-corrected chi connectivity index (χ0v) is 19.6. The van der Waals surface area contributed by atoms with Gasteiger partial charge in [0.25, 0.3) is 0 Å². The third-order valence-electron chi connectivity index (χ3n) is 8.73. The molecule has 5 rings (SSSR count). The summed E-state index contributed by atoms with van der Waals surface area (Å²) in [6.07, 6.45) is 1.75. The van der Waals surface area contributed by atoms with E-state index in [1.54, 1.807) is 0 Å². The highest BCUT2D eigenvalue weighted by Gasteiger charge is 2.69. The summed E-state index contributed by atoms with van der Waals surface area (Å²) in [6, 6.07) is 14.0. The minimum absolute atomic E-state index is 0.114. The number of hydrogen-bond acceptors (Lipinski definition) is 2. The van der Waals surface area contributed by atoms with E-state index in [1.165, 1.54) is 11.1 Å². The average molecular weight is 433 g/mol. The molecular weight excluding hydrogens is 404 g/mol. The van der Waals surface area contributed by atoms with Gasteiger partial charge in [0.1, 0.15) is 5.76 Å². The molecule has 2 bridgehead atoms. The molecule has 0 amide bonds. The fourth-order valence-electron chi connectivity index (χ4n) is 6.85. The molecule has 0 heterocycles. The van der Waals surface area contributed by atoms with Crippen molar-refractivity contribution in [2.45, 2.75) is 47.5 Å². The topological polar surface area (TPSA) is 37.3 Å². The molecule has 31 heavy (non-hydrogen) atoms. The van der Waals surface area contributed by atoms with Crippen molar-refractivity contribution in [1.29, 1.82) is 0 Å². The predicted octanol–water partition coefficient (Wildman–Crippen LogP) is 7.42. The zero-order valence-electron chi connectivity index (χ0n) is 18.8. The fraction of sp³-hybridized carbons (Fsp3) is 0.393. The number of aliphatic hydroxyl groups is 1. The molecule has 2 aromatic carbocycles. The first-order valence-corrected chi connectivity index (χ1v) is 11.6. The van der Waals surface area contributed by atoms with Gasteiger partial charge in [0.05, 0.1) is 5.57 Å². The summed E-state index contributed by atoms with van der Waals surface area (Å²) < 4.78 is 0. The second kappa shape index (κ2) is 6.59. The normalized spacial score (nSPS) is 31.7. The van der Waals surface area contributed by atoms with Gasteiger partial charge >= 0.3 is 0 Å². The number of ketones is 1. The summed E-state index contributed by atoms with van der Waals surface area (Å²) in [5.74, 6) is 0.132. The van der Waals surface area contributed by atoms with Crippen LogP contribution in [0.25, 0.3) is 16.7 Å². The summed E-state index contributed by atoms with van der Waals surface area (Å²) in [7, 11) is 0. The number of fused-ring (bicyclic) bond motifs is 5. The van der Waals surface area contributed by atoms with Gasteiger partial charge in [-0.2, -0.15) is 0 Å². The van der Waals surface area contributed by atoms with Gasteiger partial charge in [0, 0.05) is 22.3 Å². The van der Waals surface area contributed by atoms with E-state index in [0.29, 0.717) is 16.4 Å². The molecule has 4 atom stereocenters. The summed E-state index contributed by atoms with van der Waals surface area (Å²) >= 11 is 6.07. The number of aryl methyl sites for hydroxylation is 1. The van der Waals surface area contributed by atoms with Crippen molar-refractivity contribution in [2.75, 3.05) is 0 Å². The largest absolute Gasteiger partial charge is 0.511 e. The number of hydrogen-bond donors (Lipinski definition) is 1. The first-order chi connectivity index (χ1) is 14.6. The smallest absolute Gasteiger partial charge is 0.171 e. The third-order valence-corrected chi connectivity index (χ3v) is 8.99. The average Bonchev–Trinajstić information content (AvgIpc) is 3.24. The number of allylic oxidation sites excluding steroid dienone is 4. The van der Waals surface area contributed by atoms with Gasteiger partial charge in [-0.3, -0.25) is 4.79 Å². The van der Waals surface area contributed by atoms with Crippen LogP contribution < -0.4 is 0 Å². The van der Waals surface area contributed by atoms with Gasteiger partial charge in [0.15, 0.2) is 5.78 Å². The summed E-state index contributed by atoms with van der Waals surface area (Å²) in [6.45, 7) is 10.9. The highest BCUT2D eigenvalue weighted by atomic mass is 35.5. The van der Waals surface area contributed by atoms with E-state index in [2.05, 4.69) is 52.8 Å². The van der Waals surface area contributed by atoms with Crippen molar-refractivity contribution in [3.8, 4) is 11.1 Å². The van der Waals surface area contributed by atoms with Crippen molar-refractivity contribution in [3.63, 3.8) is 0 Å². The van der Waals surface area contributed by atoms with E-state index in [4.69, 9.17) is 11.6 Å². The standard InChI is InChI=1S/C28H29ClO2/c1-6-17-7-8-19(18-9-11-20(29)12-10-18)13-21(17)22-25(30)23-24(26(22)31)28(5)14-27(23,4)15(2)16(28)3/h7-13,23-24,30H,6,14H2,1-5H3/t23-,24+,27+,28-/m0/s1. The Morgan fingerprint density at radius 1 is 0.968 bits per heavy atom. The Morgan fingerprint density at radius 3 is 2.16 bits per heavy atom. The quantitative estimate of drug-likeness (QED) is 0.512. The highest BCUT2D eigenvalue weighted by Crippen LogP contribution is 2.73. The van der Waals surface area contributed by atoms with Crippen LogP contribution in [0.1, 0.15) is 52.2 Å². The summed E-state index contributed by atoms with van der Waals surface area (Å²) in [5.41, 5.74) is 6.97. The molecular formula is C28H29ClO2. The first-order valence-electron chi connectivity index (χ1n) is 11.2. The van der Waals surface area contributed by atoms with Crippen LogP contribution in [0, 0.1) is 22.7 Å². The maximum atomic E-state index is 13.9. The molecule has 2 nitrogen and oxygen atoms in total.